The van der Waals surface area contributed by atoms with Crippen molar-refractivity contribution >= 4 is 39.7 Å². The third-order valence-corrected chi connectivity index (χ3v) is 6.32. The first-order valence-corrected chi connectivity index (χ1v) is 11.9. The van der Waals surface area contributed by atoms with Gasteiger partial charge >= 0.3 is 0 Å². The highest BCUT2D eigenvalue weighted by atomic mass is 35.5. The minimum absolute atomic E-state index is 0.338. The van der Waals surface area contributed by atoms with Gasteiger partial charge in [0.15, 0.2) is 0 Å². The van der Waals surface area contributed by atoms with Gasteiger partial charge in [0.25, 0.3) is 0 Å². The molecule has 0 bridgehead atoms. The van der Waals surface area contributed by atoms with Crippen molar-refractivity contribution in [3.63, 3.8) is 0 Å². The first-order valence-electron chi connectivity index (χ1n) is 11.5. The predicted molar refractivity (Wildman–Crippen MR) is 138 cm³/mol. The van der Waals surface area contributed by atoms with Crippen LogP contribution in [-0.4, -0.2) is 46.6 Å². The standard InChI is InChI=1S/C26H27ClN6O2/c1-33-9-7-17(13-33)14-34-25-12-23-20(11-22(25)28)26(31-16-30-23)32-18-5-6-24(21(27)10-18)35-15-19-4-2-3-8-29-19/h2-6,8,10-12,16-17H,7,9,13-15,28H2,1H3,(H,30,31,32). The predicted octanol–water partition coefficient (Wildman–Crippen LogP) is 4.91. The van der Waals surface area contributed by atoms with Crippen LogP contribution in [0.3, 0.4) is 0 Å². The zero-order chi connectivity index (χ0) is 24.2. The average molecular weight is 491 g/mol. The largest absolute Gasteiger partial charge is 0.491 e. The molecule has 3 heterocycles. The molecule has 0 aliphatic carbocycles. The van der Waals surface area contributed by atoms with Crippen LogP contribution in [0.4, 0.5) is 17.2 Å². The molecule has 1 saturated heterocycles. The number of hydrogen-bond acceptors (Lipinski definition) is 8. The van der Waals surface area contributed by atoms with E-state index in [2.05, 4.69) is 32.2 Å². The summed E-state index contributed by atoms with van der Waals surface area (Å²) in [5.74, 6) is 2.37. The van der Waals surface area contributed by atoms with Gasteiger partial charge in [-0.2, -0.15) is 0 Å². The number of nitrogens with zero attached hydrogens (tertiary/aromatic N) is 4. The van der Waals surface area contributed by atoms with Gasteiger partial charge < -0.3 is 25.4 Å². The van der Waals surface area contributed by atoms with Crippen molar-refractivity contribution in [2.24, 2.45) is 5.92 Å². The molecule has 1 unspecified atom stereocenters. The molecule has 4 aromatic rings. The average Bonchev–Trinajstić information content (AvgIpc) is 3.28. The van der Waals surface area contributed by atoms with Crippen molar-refractivity contribution in [3.8, 4) is 11.5 Å². The summed E-state index contributed by atoms with van der Waals surface area (Å²) in [6, 6.07) is 14.9. The van der Waals surface area contributed by atoms with E-state index in [-0.39, 0.29) is 0 Å². The molecule has 180 valence electrons. The van der Waals surface area contributed by atoms with Crippen molar-refractivity contribution in [3.05, 3.63) is 71.8 Å². The molecule has 1 aliphatic rings. The number of nitrogens with two attached hydrogens (primary N) is 1. The molecule has 0 radical (unpaired) electrons. The van der Waals surface area contributed by atoms with Crippen LogP contribution in [0, 0.1) is 5.92 Å². The fourth-order valence-corrected chi connectivity index (χ4v) is 4.40. The maximum absolute atomic E-state index is 6.47. The van der Waals surface area contributed by atoms with E-state index < -0.39 is 0 Å². The van der Waals surface area contributed by atoms with Gasteiger partial charge in [0.1, 0.15) is 30.3 Å². The van der Waals surface area contributed by atoms with E-state index in [1.54, 1.807) is 12.3 Å². The van der Waals surface area contributed by atoms with Crippen LogP contribution in [0.1, 0.15) is 12.1 Å². The number of nitrogen functional groups attached to an aromatic ring is 1. The summed E-state index contributed by atoms with van der Waals surface area (Å²) in [4.78, 5) is 15.4. The van der Waals surface area contributed by atoms with Crippen molar-refractivity contribution in [1.29, 1.82) is 0 Å². The lowest BCUT2D eigenvalue weighted by molar-refractivity contribution is 0.250. The second-order valence-electron chi connectivity index (χ2n) is 8.74. The maximum atomic E-state index is 6.47. The molecular weight excluding hydrogens is 464 g/mol. The van der Waals surface area contributed by atoms with Crippen molar-refractivity contribution < 1.29 is 9.47 Å². The zero-order valence-corrected chi connectivity index (χ0v) is 20.2. The summed E-state index contributed by atoms with van der Waals surface area (Å²) in [5, 5.41) is 4.59. The molecule has 1 aliphatic heterocycles. The fourth-order valence-electron chi connectivity index (χ4n) is 4.16. The lowest BCUT2D eigenvalue weighted by Gasteiger charge is -2.15. The molecular formula is C26H27ClN6O2. The Bertz CT molecular complexity index is 1320. The van der Waals surface area contributed by atoms with Crippen molar-refractivity contribution in [1.82, 2.24) is 19.9 Å². The van der Waals surface area contributed by atoms with E-state index in [1.165, 1.54) is 6.33 Å². The van der Waals surface area contributed by atoms with Gasteiger partial charge in [-0.1, -0.05) is 17.7 Å². The van der Waals surface area contributed by atoms with Gasteiger partial charge in [0, 0.05) is 35.8 Å². The van der Waals surface area contributed by atoms with Gasteiger partial charge in [-0.3, -0.25) is 4.98 Å². The quantitative estimate of drug-likeness (QED) is 0.336. The molecule has 5 rings (SSSR count). The lowest BCUT2D eigenvalue weighted by atomic mass is 10.1. The number of nitrogens with one attached hydrogen (secondary N) is 1. The minimum Gasteiger partial charge on any atom is -0.491 e. The zero-order valence-electron chi connectivity index (χ0n) is 19.4. The summed E-state index contributed by atoms with van der Waals surface area (Å²) >= 11 is 6.47. The van der Waals surface area contributed by atoms with Crippen LogP contribution in [0.25, 0.3) is 10.9 Å². The molecule has 1 fully saturated rings. The Hall–Kier alpha value is -3.62. The highest BCUT2D eigenvalue weighted by Crippen LogP contribution is 2.34. The van der Waals surface area contributed by atoms with E-state index in [0.29, 0.717) is 47.2 Å². The van der Waals surface area contributed by atoms with Crippen LogP contribution < -0.4 is 20.5 Å². The monoisotopic (exact) mass is 490 g/mol. The normalized spacial score (nSPS) is 15.9. The number of aromatic nitrogens is 3. The fraction of sp³-hybridized carbons (Fsp3) is 0.269. The summed E-state index contributed by atoms with van der Waals surface area (Å²) in [6.07, 6.45) is 4.38. The van der Waals surface area contributed by atoms with E-state index in [1.807, 2.05) is 42.5 Å². The Morgan fingerprint density at radius 3 is 2.77 bits per heavy atom. The molecule has 0 saturated carbocycles. The van der Waals surface area contributed by atoms with Gasteiger partial charge in [-0.05, 0) is 56.4 Å². The minimum atomic E-state index is 0.338. The first kappa shape index (κ1) is 23.1. The van der Waals surface area contributed by atoms with E-state index in [4.69, 9.17) is 26.8 Å². The van der Waals surface area contributed by atoms with Gasteiger partial charge in [-0.15, -0.1) is 0 Å². The third kappa shape index (κ3) is 5.55. The Balaban J connectivity index is 1.29. The van der Waals surface area contributed by atoms with Gasteiger partial charge in [0.05, 0.1) is 28.5 Å². The number of anilines is 3. The molecule has 0 amide bonds. The van der Waals surface area contributed by atoms with E-state index in [9.17, 15) is 0 Å². The second kappa shape index (κ2) is 10.3. The van der Waals surface area contributed by atoms with E-state index in [0.717, 1.165) is 41.8 Å². The first-order chi connectivity index (χ1) is 17.0. The van der Waals surface area contributed by atoms with Crippen LogP contribution >= 0.6 is 11.6 Å². The van der Waals surface area contributed by atoms with Gasteiger partial charge in [-0.25, -0.2) is 9.97 Å². The summed E-state index contributed by atoms with van der Waals surface area (Å²) in [7, 11) is 2.13. The molecule has 0 spiro atoms. The third-order valence-electron chi connectivity index (χ3n) is 6.03. The summed E-state index contributed by atoms with van der Waals surface area (Å²) in [6.45, 7) is 3.12. The number of ether oxygens (including phenoxy) is 2. The Morgan fingerprint density at radius 2 is 2.00 bits per heavy atom. The number of likely N-dealkylation sites (tertiary alicyclic amines) is 1. The molecule has 2 aromatic carbocycles. The SMILES string of the molecule is CN1CCC(COc2cc3ncnc(Nc4ccc(OCc5ccccn5)c(Cl)c4)c3cc2N)C1. The second-order valence-corrected chi connectivity index (χ2v) is 9.14. The van der Waals surface area contributed by atoms with Crippen LogP contribution in [0.5, 0.6) is 11.5 Å². The maximum Gasteiger partial charge on any atom is 0.144 e. The summed E-state index contributed by atoms with van der Waals surface area (Å²) < 4.78 is 11.9. The molecule has 9 heteroatoms. The number of benzene rings is 2. The Morgan fingerprint density at radius 1 is 1.09 bits per heavy atom. The smallest absolute Gasteiger partial charge is 0.144 e. The summed E-state index contributed by atoms with van der Waals surface area (Å²) in [5.41, 5.74) is 9.22. The van der Waals surface area contributed by atoms with E-state index >= 15 is 0 Å². The Labute approximate surface area is 209 Å². The lowest BCUT2D eigenvalue weighted by Crippen LogP contribution is -2.18. The topological polar surface area (TPSA) is 98.4 Å². The highest BCUT2D eigenvalue weighted by Gasteiger charge is 2.20. The number of fused-ring (bicyclic) bond motifs is 1. The number of rotatable bonds is 8. The van der Waals surface area contributed by atoms with Crippen LogP contribution in [0.15, 0.2) is 61.1 Å². The van der Waals surface area contributed by atoms with Gasteiger partial charge in [0.2, 0.25) is 0 Å². The number of halogens is 1. The number of hydrogen-bond donors (Lipinski definition) is 2. The molecule has 1 atom stereocenters. The van der Waals surface area contributed by atoms with Crippen molar-refractivity contribution in [2.75, 3.05) is 37.8 Å². The molecule has 2 aromatic heterocycles. The van der Waals surface area contributed by atoms with Crippen LogP contribution in [0.2, 0.25) is 5.02 Å². The highest BCUT2D eigenvalue weighted by molar-refractivity contribution is 6.32. The Kier molecular flexibility index (Phi) is 6.83. The van der Waals surface area contributed by atoms with Crippen LogP contribution in [-0.2, 0) is 6.61 Å². The molecule has 3 N–H and O–H groups in total. The molecule has 35 heavy (non-hydrogen) atoms. The van der Waals surface area contributed by atoms with Crippen molar-refractivity contribution in [2.45, 2.75) is 13.0 Å². The molecule has 8 nitrogen and oxygen atoms in total. The number of pyridine rings is 1.